The summed E-state index contributed by atoms with van der Waals surface area (Å²) in [5, 5.41) is 13.8. The molecule has 1 atom stereocenters. The molecule has 2 aromatic rings. The summed E-state index contributed by atoms with van der Waals surface area (Å²) in [6, 6.07) is 7.15. The normalized spacial score (nSPS) is 15.8. The molecule has 1 aliphatic rings. The maximum Gasteiger partial charge on any atom is 0.416 e. The smallest absolute Gasteiger partial charge is 0.416 e. The molecule has 1 heterocycles. The minimum Gasteiger partial charge on any atom is -0.486 e. The van der Waals surface area contributed by atoms with Crippen LogP contribution in [0.2, 0.25) is 0 Å². The number of fused-ring (bicyclic) bond motifs is 1. The van der Waals surface area contributed by atoms with Crippen molar-refractivity contribution in [2.75, 3.05) is 22.7 Å². The zero-order valence-electron chi connectivity index (χ0n) is 18.8. The number of ether oxygens (including phenoxy) is 1. The van der Waals surface area contributed by atoms with E-state index >= 15 is 0 Å². The lowest BCUT2D eigenvalue weighted by Gasteiger charge is -2.35. The second-order valence-corrected chi connectivity index (χ2v) is 10.2. The molecule has 0 saturated heterocycles. The van der Waals surface area contributed by atoms with Gasteiger partial charge in [-0.1, -0.05) is 19.9 Å². The number of anilines is 2. The third kappa shape index (κ3) is 6.35. The van der Waals surface area contributed by atoms with Gasteiger partial charge in [0.25, 0.3) is 10.0 Å². The number of sulfonamides is 1. The van der Waals surface area contributed by atoms with Crippen molar-refractivity contribution in [3.63, 3.8) is 0 Å². The van der Waals surface area contributed by atoms with Crippen molar-refractivity contribution in [1.29, 1.82) is 0 Å². The van der Waals surface area contributed by atoms with Gasteiger partial charge in [0.2, 0.25) is 5.91 Å². The highest BCUT2D eigenvalue weighted by molar-refractivity contribution is 7.92. The van der Waals surface area contributed by atoms with Crippen LogP contribution < -0.4 is 19.7 Å². The second-order valence-electron chi connectivity index (χ2n) is 8.32. The molecule has 0 spiro atoms. The van der Waals surface area contributed by atoms with Gasteiger partial charge in [-0.25, -0.2) is 13.2 Å². The average molecular weight is 516 g/mol. The van der Waals surface area contributed by atoms with Gasteiger partial charge in [-0.3, -0.25) is 14.4 Å². The number of benzene rings is 2. The first kappa shape index (κ1) is 26.1. The molecule has 0 bridgehead atoms. The van der Waals surface area contributed by atoms with E-state index in [9.17, 15) is 31.2 Å². The van der Waals surface area contributed by atoms with E-state index in [-0.39, 0.29) is 41.9 Å². The summed E-state index contributed by atoms with van der Waals surface area (Å²) in [7, 11) is -4.55. The van der Waals surface area contributed by atoms with Crippen molar-refractivity contribution >= 4 is 33.4 Å². The standard InChI is InChI=1S/C22H24F3N3O6S/c1-13(2)11-26-20(29)10-16-12-28(18-9-15(27-21(30)31)6-7-19(18)34-16)35(32,33)17-5-3-4-14(8-17)22(23,24)25/h3-9,13,16,27H,10-12H2,1-2H3,(H,26,29)(H,30,31). The number of nitrogens with one attached hydrogen (secondary N) is 2. The molecular weight excluding hydrogens is 491 g/mol. The van der Waals surface area contributed by atoms with E-state index < -0.39 is 38.9 Å². The monoisotopic (exact) mass is 515 g/mol. The zero-order chi connectivity index (χ0) is 26.0. The van der Waals surface area contributed by atoms with Gasteiger partial charge in [-0.2, -0.15) is 13.2 Å². The Hall–Kier alpha value is -3.48. The third-order valence-electron chi connectivity index (χ3n) is 5.01. The van der Waals surface area contributed by atoms with Crippen molar-refractivity contribution in [3.8, 4) is 5.75 Å². The number of amides is 2. The first-order valence-corrected chi connectivity index (χ1v) is 12.0. The number of carbonyl (C=O) groups excluding carboxylic acids is 1. The maximum atomic E-state index is 13.5. The van der Waals surface area contributed by atoms with Gasteiger partial charge < -0.3 is 15.2 Å². The van der Waals surface area contributed by atoms with Gasteiger partial charge in [-0.15, -0.1) is 0 Å². The number of hydrogen-bond acceptors (Lipinski definition) is 5. The lowest BCUT2D eigenvalue weighted by molar-refractivity contribution is -0.137. The molecule has 0 aliphatic carbocycles. The Morgan fingerprint density at radius 1 is 1.20 bits per heavy atom. The van der Waals surface area contributed by atoms with Crippen LogP contribution in [0.1, 0.15) is 25.8 Å². The highest BCUT2D eigenvalue weighted by Crippen LogP contribution is 2.40. The minimum absolute atomic E-state index is 0.0252. The molecule has 2 amide bonds. The molecule has 0 aromatic heterocycles. The maximum absolute atomic E-state index is 13.5. The number of carbonyl (C=O) groups is 2. The second kappa shape index (κ2) is 10.0. The van der Waals surface area contributed by atoms with Gasteiger partial charge in [-0.05, 0) is 42.3 Å². The minimum atomic E-state index is -4.76. The van der Waals surface area contributed by atoms with Crippen LogP contribution in [0.4, 0.5) is 29.3 Å². The Labute approximate surface area is 199 Å². The molecule has 0 fully saturated rings. The van der Waals surface area contributed by atoms with Crippen LogP contribution in [0.3, 0.4) is 0 Å². The fraction of sp³-hybridized carbons (Fsp3) is 0.364. The molecule has 2 aromatic carbocycles. The topological polar surface area (TPSA) is 125 Å². The van der Waals surface area contributed by atoms with Crippen LogP contribution in [-0.2, 0) is 21.0 Å². The van der Waals surface area contributed by atoms with Gasteiger partial charge in [0.15, 0.2) is 0 Å². The Bertz CT molecular complexity index is 1220. The lowest BCUT2D eigenvalue weighted by Crippen LogP contribution is -2.45. The fourth-order valence-electron chi connectivity index (χ4n) is 3.40. The Kier molecular flexibility index (Phi) is 7.48. The molecule has 9 nitrogen and oxygen atoms in total. The third-order valence-corrected chi connectivity index (χ3v) is 6.79. The first-order chi connectivity index (χ1) is 16.3. The molecule has 0 saturated carbocycles. The average Bonchev–Trinajstić information content (AvgIpc) is 2.76. The van der Waals surface area contributed by atoms with E-state index in [0.29, 0.717) is 12.6 Å². The van der Waals surface area contributed by atoms with Crippen molar-refractivity contribution in [2.24, 2.45) is 5.92 Å². The molecule has 13 heteroatoms. The van der Waals surface area contributed by atoms with Crippen LogP contribution in [0.15, 0.2) is 47.4 Å². The van der Waals surface area contributed by atoms with Crippen molar-refractivity contribution in [1.82, 2.24) is 5.32 Å². The van der Waals surface area contributed by atoms with E-state index in [0.717, 1.165) is 22.5 Å². The molecule has 35 heavy (non-hydrogen) atoms. The Morgan fingerprint density at radius 2 is 1.91 bits per heavy atom. The van der Waals surface area contributed by atoms with Gasteiger partial charge >= 0.3 is 12.3 Å². The summed E-state index contributed by atoms with van der Waals surface area (Å²) in [5.41, 5.74) is -1.19. The zero-order valence-corrected chi connectivity index (χ0v) is 19.6. The van der Waals surface area contributed by atoms with E-state index in [1.165, 1.54) is 18.2 Å². The predicted octanol–water partition coefficient (Wildman–Crippen LogP) is 3.91. The first-order valence-electron chi connectivity index (χ1n) is 10.5. The number of rotatable bonds is 7. The van der Waals surface area contributed by atoms with Gasteiger partial charge in [0.05, 0.1) is 29.1 Å². The summed E-state index contributed by atoms with van der Waals surface area (Å²) in [4.78, 5) is 22.7. The summed E-state index contributed by atoms with van der Waals surface area (Å²) < 4.78 is 73.2. The van der Waals surface area contributed by atoms with Crippen LogP contribution in [0, 0.1) is 5.92 Å². The van der Waals surface area contributed by atoms with Gasteiger partial charge in [0, 0.05) is 12.2 Å². The Morgan fingerprint density at radius 3 is 2.54 bits per heavy atom. The molecular formula is C22H24F3N3O6S. The molecule has 1 aliphatic heterocycles. The van der Waals surface area contributed by atoms with Crippen LogP contribution in [0.5, 0.6) is 5.75 Å². The van der Waals surface area contributed by atoms with Crippen molar-refractivity contribution in [2.45, 2.75) is 37.4 Å². The van der Waals surface area contributed by atoms with Crippen molar-refractivity contribution < 1.29 is 41.0 Å². The summed E-state index contributed by atoms with van der Waals surface area (Å²) >= 11 is 0. The largest absolute Gasteiger partial charge is 0.486 e. The quantitative estimate of drug-likeness (QED) is 0.514. The van der Waals surface area contributed by atoms with Crippen molar-refractivity contribution in [3.05, 3.63) is 48.0 Å². The number of nitrogens with zero attached hydrogens (tertiary/aromatic N) is 1. The van der Waals surface area contributed by atoms with Crippen LogP contribution in [-0.4, -0.2) is 44.7 Å². The predicted molar refractivity (Wildman–Crippen MR) is 121 cm³/mol. The summed E-state index contributed by atoms with van der Waals surface area (Å²) in [6.45, 7) is 3.83. The SMILES string of the molecule is CC(C)CNC(=O)CC1CN(S(=O)(=O)c2cccc(C(F)(F)F)c2)c2cc(NC(=O)O)ccc2O1. The molecule has 0 radical (unpaired) electrons. The molecule has 3 N–H and O–H groups in total. The lowest BCUT2D eigenvalue weighted by atomic mass is 10.1. The van der Waals surface area contributed by atoms with E-state index in [2.05, 4.69) is 10.6 Å². The number of hydrogen-bond donors (Lipinski definition) is 3. The Balaban J connectivity index is 2.01. The van der Waals surface area contributed by atoms with Gasteiger partial charge in [0.1, 0.15) is 11.9 Å². The number of halogens is 3. The molecule has 3 rings (SSSR count). The number of alkyl halides is 3. The highest BCUT2D eigenvalue weighted by atomic mass is 32.2. The summed E-state index contributed by atoms with van der Waals surface area (Å²) in [5.74, 6) is -0.165. The van der Waals surface area contributed by atoms with E-state index in [1.54, 1.807) is 0 Å². The van der Waals surface area contributed by atoms with Crippen LogP contribution in [0.25, 0.3) is 0 Å². The fourth-order valence-corrected chi connectivity index (χ4v) is 4.95. The summed E-state index contributed by atoms with van der Waals surface area (Å²) in [6.07, 6.45) is -7.29. The van der Waals surface area contributed by atoms with Crippen LogP contribution >= 0.6 is 0 Å². The highest BCUT2D eigenvalue weighted by Gasteiger charge is 2.37. The van der Waals surface area contributed by atoms with E-state index in [4.69, 9.17) is 9.84 Å². The number of carboxylic acid groups (broad SMARTS) is 1. The molecule has 1 unspecified atom stereocenters. The molecule has 190 valence electrons. The van der Waals surface area contributed by atoms with E-state index in [1.807, 2.05) is 13.8 Å².